The Balaban J connectivity index is 2.88. The van der Waals surface area contributed by atoms with E-state index in [1.165, 1.54) is 0 Å². The van der Waals surface area contributed by atoms with Crippen LogP contribution in [-0.4, -0.2) is 14.7 Å². The van der Waals surface area contributed by atoms with Crippen LogP contribution < -0.4 is 4.72 Å². The highest BCUT2D eigenvalue weighted by molar-refractivity contribution is 14.1. The van der Waals surface area contributed by atoms with Gasteiger partial charge in [0.05, 0.1) is 6.26 Å². The van der Waals surface area contributed by atoms with Crippen LogP contribution in [-0.2, 0) is 10.0 Å². The number of hydrogen-bond donors (Lipinski definition) is 1. The maximum atomic E-state index is 10.9. The van der Waals surface area contributed by atoms with Crippen molar-refractivity contribution in [3.8, 4) is 9.85 Å². The Bertz CT molecular complexity index is 468. The molecular weight excluding hydrogens is 313 g/mol. The van der Waals surface area contributed by atoms with Crippen molar-refractivity contribution in [2.75, 3.05) is 11.0 Å². The van der Waals surface area contributed by atoms with Crippen molar-refractivity contribution in [2.45, 2.75) is 0 Å². The van der Waals surface area contributed by atoms with E-state index in [1.807, 2.05) is 22.6 Å². The lowest BCUT2D eigenvalue weighted by atomic mass is 10.2. The Kier molecular flexibility index (Phi) is 3.77. The minimum Gasteiger partial charge on any atom is -0.284 e. The molecule has 5 heteroatoms. The van der Waals surface area contributed by atoms with Crippen LogP contribution in [0.5, 0.6) is 0 Å². The van der Waals surface area contributed by atoms with Gasteiger partial charge in [0.1, 0.15) is 0 Å². The molecule has 0 atom stereocenters. The molecule has 74 valence electrons. The monoisotopic (exact) mass is 321 g/mol. The normalized spacial score (nSPS) is 10.1. The summed E-state index contributed by atoms with van der Waals surface area (Å²) < 4.78 is 26.8. The minimum absolute atomic E-state index is 0.548. The number of anilines is 1. The Morgan fingerprint density at radius 1 is 1.29 bits per heavy atom. The van der Waals surface area contributed by atoms with Gasteiger partial charge in [-0.3, -0.25) is 4.72 Å². The molecule has 1 N–H and O–H groups in total. The Morgan fingerprint density at radius 2 is 1.86 bits per heavy atom. The van der Waals surface area contributed by atoms with E-state index in [0.29, 0.717) is 5.69 Å². The molecule has 0 fully saturated rings. The highest BCUT2D eigenvalue weighted by Gasteiger charge is 2.00. The smallest absolute Gasteiger partial charge is 0.229 e. The molecule has 0 unspecified atom stereocenters. The maximum absolute atomic E-state index is 10.9. The van der Waals surface area contributed by atoms with Gasteiger partial charge in [0.25, 0.3) is 0 Å². The molecule has 0 amide bonds. The fraction of sp³-hybridized carbons (Fsp3) is 0.111. The summed E-state index contributed by atoms with van der Waals surface area (Å²) in [4.78, 5) is 0. The first-order valence-electron chi connectivity index (χ1n) is 3.71. The molecule has 0 saturated carbocycles. The summed E-state index contributed by atoms with van der Waals surface area (Å²) in [6.45, 7) is 0. The van der Waals surface area contributed by atoms with E-state index >= 15 is 0 Å². The van der Waals surface area contributed by atoms with Crippen molar-refractivity contribution in [3.05, 3.63) is 29.8 Å². The number of halogens is 1. The van der Waals surface area contributed by atoms with Crippen LogP contribution in [0.15, 0.2) is 24.3 Å². The minimum atomic E-state index is -3.19. The van der Waals surface area contributed by atoms with E-state index in [0.717, 1.165) is 11.8 Å². The van der Waals surface area contributed by atoms with Gasteiger partial charge >= 0.3 is 0 Å². The lowest BCUT2D eigenvalue weighted by Crippen LogP contribution is -2.09. The molecule has 1 rings (SSSR count). The Labute approximate surface area is 97.1 Å². The van der Waals surface area contributed by atoms with Crippen LogP contribution in [0.4, 0.5) is 5.69 Å². The van der Waals surface area contributed by atoms with Crippen molar-refractivity contribution in [3.63, 3.8) is 0 Å². The number of nitrogens with one attached hydrogen (secondary N) is 1. The van der Waals surface area contributed by atoms with Crippen molar-refractivity contribution in [1.29, 1.82) is 0 Å². The first kappa shape index (κ1) is 11.3. The van der Waals surface area contributed by atoms with E-state index in [4.69, 9.17) is 0 Å². The van der Waals surface area contributed by atoms with Gasteiger partial charge in [0.15, 0.2) is 0 Å². The predicted molar refractivity (Wildman–Crippen MR) is 65.8 cm³/mol. The van der Waals surface area contributed by atoms with Gasteiger partial charge in [-0.25, -0.2) is 8.42 Å². The average Bonchev–Trinajstić information content (AvgIpc) is 2.06. The molecule has 0 spiro atoms. The van der Waals surface area contributed by atoms with Crippen molar-refractivity contribution in [2.24, 2.45) is 0 Å². The van der Waals surface area contributed by atoms with Gasteiger partial charge in [-0.2, -0.15) is 0 Å². The van der Waals surface area contributed by atoms with E-state index in [1.54, 1.807) is 24.3 Å². The third-order valence-electron chi connectivity index (χ3n) is 1.38. The van der Waals surface area contributed by atoms with Crippen LogP contribution in [0.25, 0.3) is 0 Å². The molecular formula is C9H8INO2S. The maximum Gasteiger partial charge on any atom is 0.229 e. The third kappa shape index (κ3) is 3.98. The second-order valence-electron chi connectivity index (χ2n) is 2.67. The summed E-state index contributed by atoms with van der Waals surface area (Å²) in [6, 6.07) is 6.88. The van der Waals surface area contributed by atoms with Crippen LogP contribution in [0.3, 0.4) is 0 Å². The molecule has 0 aliphatic carbocycles. The number of sulfonamides is 1. The van der Waals surface area contributed by atoms with Crippen LogP contribution in [0.2, 0.25) is 0 Å². The SMILES string of the molecule is CS(=O)(=O)Nc1ccc(C#CI)cc1. The molecule has 3 nitrogen and oxygen atoms in total. The van der Waals surface area contributed by atoms with Gasteiger partial charge in [0.2, 0.25) is 10.0 Å². The molecule has 0 aromatic heterocycles. The highest BCUT2D eigenvalue weighted by atomic mass is 127. The predicted octanol–water partition coefficient (Wildman–Crippen LogP) is 1.80. The van der Waals surface area contributed by atoms with E-state index in [-0.39, 0.29) is 0 Å². The van der Waals surface area contributed by atoms with Crippen LogP contribution >= 0.6 is 22.6 Å². The molecule has 0 radical (unpaired) electrons. The second-order valence-corrected chi connectivity index (χ2v) is 4.96. The molecule has 0 aliphatic rings. The number of rotatable bonds is 2. The summed E-state index contributed by atoms with van der Waals surface area (Å²) in [6.07, 6.45) is 1.12. The van der Waals surface area contributed by atoms with Gasteiger partial charge in [-0.1, -0.05) is 5.92 Å². The van der Waals surface area contributed by atoms with E-state index < -0.39 is 10.0 Å². The second kappa shape index (κ2) is 4.66. The first-order valence-corrected chi connectivity index (χ1v) is 6.68. The van der Waals surface area contributed by atoms with Gasteiger partial charge < -0.3 is 0 Å². The standard InChI is InChI=1S/C9H8INO2S/c1-14(12,13)11-9-4-2-8(3-5-9)6-7-10/h2-5,11H,1H3. The summed E-state index contributed by atoms with van der Waals surface area (Å²) in [7, 11) is -3.19. The molecule has 0 heterocycles. The fourth-order valence-electron chi connectivity index (χ4n) is 0.890. The number of hydrogen-bond acceptors (Lipinski definition) is 2. The Morgan fingerprint density at radius 3 is 2.29 bits per heavy atom. The van der Waals surface area contributed by atoms with E-state index in [2.05, 4.69) is 14.6 Å². The highest BCUT2D eigenvalue weighted by Crippen LogP contribution is 2.09. The lowest BCUT2D eigenvalue weighted by Gasteiger charge is -2.02. The summed E-state index contributed by atoms with van der Waals surface area (Å²) >= 11 is 1.95. The molecule has 14 heavy (non-hydrogen) atoms. The molecule has 1 aromatic carbocycles. The van der Waals surface area contributed by atoms with Gasteiger partial charge in [-0.15, -0.1) is 0 Å². The molecule has 1 aromatic rings. The fourth-order valence-corrected chi connectivity index (χ4v) is 1.77. The molecule has 0 saturated heterocycles. The van der Waals surface area contributed by atoms with Gasteiger partial charge in [-0.05, 0) is 28.2 Å². The van der Waals surface area contributed by atoms with E-state index in [9.17, 15) is 8.42 Å². The first-order chi connectivity index (χ1) is 6.51. The van der Waals surface area contributed by atoms with Crippen molar-refractivity contribution < 1.29 is 8.42 Å². The van der Waals surface area contributed by atoms with Gasteiger partial charge in [0, 0.05) is 33.8 Å². The Hall–Kier alpha value is -0.740. The average molecular weight is 321 g/mol. The zero-order valence-corrected chi connectivity index (χ0v) is 10.4. The molecule has 0 bridgehead atoms. The quantitative estimate of drug-likeness (QED) is 0.667. The largest absolute Gasteiger partial charge is 0.284 e. The van der Waals surface area contributed by atoms with Crippen molar-refractivity contribution in [1.82, 2.24) is 0 Å². The molecule has 0 aliphatic heterocycles. The summed E-state index contributed by atoms with van der Waals surface area (Å²) in [5.74, 6) is 2.86. The van der Waals surface area contributed by atoms with Crippen molar-refractivity contribution >= 4 is 38.3 Å². The number of benzene rings is 1. The summed E-state index contributed by atoms with van der Waals surface area (Å²) in [5.41, 5.74) is 1.41. The van der Waals surface area contributed by atoms with Crippen LogP contribution in [0.1, 0.15) is 5.56 Å². The zero-order valence-electron chi connectivity index (χ0n) is 7.41. The zero-order chi connectivity index (χ0) is 10.6. The summed E-state index contributed by atoms with van der Waals surface area (Å²) in [5, 5.41) is 0. The van der Waals surface area contributed by atoms with Crippen LogP contribution in [0, 0.1) is 9.85 Å². The third-order valence-corrected chi connectivity index (χ3v) is 2.26. The lowest BCUT2D eigenvalue weighted by molar-refractivity contribution is 0.607. The topological polar surface area (TPSA) is 46.2 Å².